The van der Waals surface area contributed by atoms with Crippen molar-refractivity contribution in [3.05, 3.63) is 205 Å². The van der Waals surface area contributed by atoms with Crippen LogP contribution in [0.25, 0.3) is 81.4 Å². The Kier molecular flexibility index (Phi) is 8.00. The van der Waals surface area contributed by atoms with Crippen molar-refractivity contribution in [2.75, 3.05) is 0 Å². The molecule has 1 N–H and O–H groups in total. The highest BCUT2D eigenvalue weighted by Crippen LogP contribution is 2.40. The van der Waals surface area contributed by atoms with Gasteiger partial charge in [-0.05, 0) is 80.2 Å². The predicted octanol–water partition coefficient (Wildman–Crippen LogP) is 12.7. The van der Waals surface area contributed by atoms with Crippen LogP contribution in [-0.4, -0.2) is 20.8 Å². The highest BCUT2D eigenvalue weighted by Gasteiger charge is 2.21. The Labute approximate surface area is 333 Å². The van der Waals surface area contributed by atoms with E-state index in [4.69, 9.17) is 19.9 Å². The smallest absolute Gasteiger partial charge is 0.160 e. The Morgan fingerprint density at radius 1 is 0.491 bits per heavy atom. The number of nitrogens with zero attached hydrogens (tertiary/aromatic N) is 4. The third-order valence-corrected chi connectivity index (χ3v) is 11.9. The van der Waals surface area contributed by atoms with Gasteiger partial charge in [-0.15, -0.1) is 11.3 Å². The molecular weight excluding hydrogens is 715 g/mol. The van der Waals surface area contributed by atoms with Gasteiger partial charge in [0.2, 0.25) is 0 Å². The molecule has 0 fully saturated rings. The lowest BCUT2D eigenvalue weighted by Crippen LogP contribution is -2.31. The minimum atomic E-state index is -0.0640. The first kappa shape index (κ1) is 33.1. The molecule has 1 unspecified atom stereocenters. The highest BCUT2D eigenvalue weighted by molar-refractivity contribution is 7.25. The molecule has 0 radical (unpaired) electrons. The van der Waals surface area contributed by atoms with Crippen LogP contribution in [0.2, 0.25) is 0 Å². The van der Waals surface area contributed by atoms with Crippen LogP contribution in [0.3, 0.4) is 0 Å². The van der Waals surface area contributed by atoms with E-state index in [9.17, 15) is 0 Å². The van der Waals surface area contributed by atoms with Gasteiger partial charge in [-0.3, -0.25) is 0 Å². The van der Waals surface area contributed by atoms with Crippen LogP contribution in [0.4, 0.5) is 0 Å². The summed E-state index contributed by atoms with van der Waals surface area (Å²) in [5, 5.41) is 9.58. The van der Waals surface area contributed by atoms with Crippen LogP contribution in [0, 0.1) is 0 Å². The fraction of sp³-hybridized carbons (Fsp3) is 0.0196. The van der Waals surface area contributed by atoms with Crippen LogP contribution in [-0.2, 0) is 0 Å². The van der Waals surface area contributed by atoms with E-state index in [-0.39, 0.29) is 6.04 Å². The number of pyridine rings is 1. The lowest BCUT2D eigenvalue weighted by atomic mass is 9.97. The van der Waals surface area contributed by atoms with E-state index >= 15 is 0 Å². The molecule has 268 valence electrons. The lowest BCUT2D eigenvalue weighted by molar-refractivity contribution is 0.781. The normalized spacial score (nSPS) is 14.1. The number of hydrogen-bond donors (Lipinski definition) is 1. The molecular formula is C51H33N5S. The number of rotatable bonds is 6. The Hall–Kier alpha value is -7.28. The first-order chi connectivity index (χ1) is 28.2. The molecule has 1 aliphatic rings. The van der Waals surface area contributed by atoms with Gasteiger partial charge in [-0.1, -0.05) is 146 Å². The molecule has 1 aliphatic heterocycles. The molecule has 10 aromatic rings. The summed E-state index contributed by atoms with van der Waals surface area (Å²) in [4.78, 5) is 21.3. The molecule has 0 bridgehead atoms. The molecule has 0 saturated carbocycles. The zero-order valence-corrected chi connectivity index (χ0v) is 31.5. The summed E-state index contributed by atoms with van der Waals surface area (Å²) in [5.74, 6) is 1.52. The topological polar surface area (TPSA) is 63.1 Å². The summed E-state index contributed by atoms with van der Waals surface area (Å²) < 4.78 is 1.04. The fourth-order valence-electron chi connectivity index (χ4n) is 7.82. The largest absolute Gasteiger partial charge is 0.359 e. The molecule has 57 heavy (non-hydrogen) atoms. The highest BCUT2D eigenvalue weighted by atomic mass is 32.1. The predicted molar refractivity (Wildman–Crippen MR) is 237 cm³/mol. The third-order valence-electron chi connectivity index (χ3n) is 10.8. The second-order valence-electron chi connectivity index (χ2n) is 14.4. The molecule has 5 nitrogen and oxygen atoms in total. The van der Waals surface area contributed by atoms with Crippen LogP contribution in [0.5, 0.6) is 0 Å². The van der Waals surface area contributed by atoms with Gasteiger partial charge < -0.3 is 5.32 Å². The van der Waals surface area contributed by atoms with Crippen LogP contribution < -0.4 is 5.32 Å². The van der Waals surface area contributed by atoms with Crippen LogP contribution in [0.15, 0.2) is 193 Å². The van der Waals surface area contributed by atoms with Crippen molar-refractivity contribution in [1.82, 2.24) is 20.3 Å². The van der Waals surface area contributed by atoms with Gasteiger partial charge in [0.1, 0.15) is 10.7 Å². The minimum Gasteiger partial charge on any atom is -0.359 e. The molecule has 3 aromatic heterocycles. The van der Waals surface area contributed by atoms with Gasteiger partial charge in [-0.25, -0.2) is 19.9 Å². The van der Waals surface area contributed by atoms with Crippen molar-refractivity contribution < 1.29 is 0 Å². The van der Waals surface area contributed by atoms with Gasteiger partial charge in [0.25, 0.3) is 0 Å². The SMILES string of the molecule is C1=C(c2ccc(-c3nc(-c4ccc5cc6ccccc6cc5c4)c4sc5ncccc5c4n3)cc2)N=C(c2ccccc2)NC1c1ccc(-c2ccccc2)cc1. The number of fused-ring (bicyclic) bond motifs is 5. The van der Waals surface area contributed by atoms with Gasteiger partial charge in [0.15, 0.2) is 5.82 Å². The van der Waals surface area contributed by atoms with Gasteiger partial charge >= 0.3 is 0 Å². The molecule has 7 aromatic carbocycles. The zero-order chi connectivity index (χ0) is 37.7. The van der Waals surface area contributed by atoms with E-state index < -0.39 is 0 Å². The number of hydrogen-bond acceptors (Lipinski definition) is 6. The monoisotopic (exact) mass is 747 g/mol. The van der Waals surface area contributed by atoms with Gasteiger partial charge in [0.05, 0.1) is 27.6 Å². The fourth-order valence-corrected chi connectivity index (χ4v) is 8.91. The molecule has 4 heterocycles. The third kappa shape index (κ3) is 6.13. The summed E-state index contributed by atoms with van der Waals surface area (Å²) in [6.07, 6.45) is 4.06. The van der Waals surface area contributed by atoms with Crippen LogP contribution in [0.1, 0.15) is 22.7 Å². The molecule has 6 heteroatoms. The van der Waals surface area contributed by atoms with E-state index in [1.165, 1.54) is 38.2 Å². The van der Waals surface area contributed by atoms with E-state index in [0.717, 1.165) is 59.9 Å². The van der Waals surface area contributed by atoms with E-state index in [1.54, 1.807) is 11.3 Å². The molecule has 0 amide bonds. The second-order valence-corrected chi connectivity index (χ2v) is 15.4. The van der Waals surface area contributed by atoms with Crippen molar-refractivity contribution in [3.8, 4) is 33.8 Å². The standard InChI is InChI=1S/C51H33N5S/c1-3-10-32(11-4-1)33-17-19-34(20-18-33)44-31-45(54-49(53-44)36-12-5-2-6-13-36)35-21-23-37(24-22-35)50-55-46(48-47(56-50)43-16-9-27-52-51(43)57-48)41-26-25-40-28-38-14-7-8-15-39(38)29-42(40)30-41/h1-31,44H,(H,53,54). The maximum atomic E-state index is 5.30. The number of aliphatic imine (C=N–C) groups is 1. The van der Waals surface area contributed by atoms with Gasteiger partial charge in [0, 0.05) is 28.3 Å². The Morgan fingerprint density at radius 2 is 1.12 bits per heavy atom. The van der Waals surface area contributed by atoms with Crippen molar-refractivity contribution in [1.29, 1.82) is 0 Å². The van der Waals surface area contributed by atoms with E-state index in [1.807, 2.05) is 36.5 Å². The number of amidine groups is 1. The van der Waals surface area contributed by atoms with E-state index in [0.29, 0.717) is 5.82 Å². The Balaban J connectivity index is 0.990. The Morgan fingerprint density at radius 3 is 1.89 bits per heavy atom. The zero-order valence-electron chi connectivity index (χ0n) is 30.7. The average Bonchev–Trinajstić information content (AvgIpc) is 3.67. The average molecular weight is 748 g/mol. The second kappa shape index (κ2) is 13.8. The summed E-state index contributed by atoms with van der Waals surface area (Å²) in [6, 6.07) is 61.8. The first-order valence-corrected chi connectivity index (χ1v) is 19.9. The number of nitrogens with one attached hydrogen (secondary N) is 1. The maximum absolute atomic E-state index is 5.30. The number of benzene rings is 7. The Bertz CT molecular complexity index is 3190. The summed E-state index contributed by atoms with van der Waals surface area (Å²) in [5.41, 5.74) is 10.4. The molecule has 0 aliphatic carbocycles. The van der Waals surface area contributed by atoms with Crippen molar-refractivity contribution in [3.63, 3.8) is 0 Å². The van der Waals surface area contributed by atoms with E-state index in [2.05, 4.69) is 157 Å². The molecule has 1 atom stereocenters. The van der Waals surface area contributed by atoms with Crippen molar-refractivity contribution in [2.24, 2.45) is 4.99 Å². The molecule has 11 rings (SSSR count). The van der Waals surface area contributed by atoms with Crippen LogP contribution >= 0.6 is 11.3 Å². The molecule has 0 spiro atoms. The first-order valence-electron chi connectivity index (χ1n) is 19.1. The quantitative estimate of drug-likeness (QED) is 0.172. The number of thiophene rings is 1. The van der Waals surface area contributed by atoms with Crippen molar-refractivity contribution in [2.45, 2.75) is 6.04 Å². The maximum Gasteiger partial charge on any atom is 0.160 e. The van der Waals surface area contributed by atoms with Gasteiger partial charge in [-0.2, -0.15) is 0 Å². The lowest BCUT2D eigenvalue weighted by Gasteiger charge is -2.24. The molecule has 0 saturated heterocycles. The summed E-state index contributed by atoms with van der Waals surface area (Å²) in [7, 11) is 0. The minimum absolute atomic E-state index is 0.0640. The number of aromatic nitrogens is 3. The van der Waals surface area contributed by atoms with Crippen molar-refractivity contribution >= 4 is 64.8 Å². The summed E-state index contributed by atoms with van der Waals surface area (Å²) >= 11 is 1.65. The summed E-state index contributed by atoms with van der Waals surface area (Å²) in [6.45, 7) is 0.